The Morgan fingerprint density at radius 2 is 2.13 bits per heavy atom. The highest BCUT2D eigenvalue weighted by molar-refractivity contribution is 6.04. The summed E-state index contributed by atoms with van der Waals surface area (Å²) < 4.78 is 6.71. The van der Waals surface area contributed by atoms with Gasteiger partial charge in [0.25, 0.3) is 0 Å². The van der Waals surface area contributed by atoms with Gasteiger partial charge < -0.3 is 14.4 Å². The Hall–Kier alpha value is -2.73. The number of carbonyl (C=O) groups excluding carboxylic acids is 1. The van der Waals surface area contributed by atoms with Gasteiger partial charge in [-0.25, -0.2) is 14.8 Å². The van der Waals surface area contributed by atoms with Gasteiger partial charge in [0.05, 0.1) is 48.2 Å². The second-order valence-electron chi connectivity index (χ2n) is 5.39. The predicted molar refractivity (Wildman–Crippen MR) is 85.9 cm³/mol. The molecule has 2 heterocycles. The molecule has 2 aromatic heterocycles. The highest BCUT2D eigenvalue weighted by Crippen LogP contribution is 2.27. The molecule has 0 saturated carbocycles. The molecule has 0 amide bonds. The van der Waals surface area contributed by atoms with Crippen molar-refractivity contribution in [1.29, 1.82) is 0 Å². The number of aliphatic hydroxyl groups excluding tert-OH is 1. The Kier molecular flexibility index (Phi) is 3.83. The minimum Gasteiger partial charge on any atom is -0.465 e. The second-order valence-corrected chi connectivity index (χ2v) is 5.39. The van der Waals surface area contributed by atoms with E-state index in [2.05, 4.69) is 9.97 Å². The maximum Gasteiger partial charge on any atom is 0.338 e. The average Bonchev–Trinajstić information content (AvgIpc) is 2.98. The molecule has 0 fully saturated rings. The number of methoxy groups -OCH3 is 1. The lowest BCUT2D eigenvalue weighted by atomic mass is 10.0. The first-order chi connectivity index (χ1) is 11.0. The molecule has 0 saturated heterocycles. The van der Waals surface area contributed by atoms with Gasteiger partial charge in [0.15, 0.2) is 0 Å². The molecular weight excluding hydrogens is 294 g/mol. The summed E-state index contributed by atoms with van der Waals surface area (Å²) in [5.41, 5.74) is 3.22. The Morgan fingerprint density at radius 3 is 2.74 bits per heavy atom. The van der Waals surface area contributed by atoms with E-state index in [0.29, 0.717) is 22.2 Å². The van der Waals surface area contributed by atoms with Crippen LogP contribution >= 0.6 is 0 Å². The third-order valence-electron chi connectivity index (χ3n) is 3.80. The summed E-state index contributed by atoms with van der Waals surface area (Å²) in [7, 11) is 3.21. The predicted octanol–water partition coefficient (Wildman–Crippen LogP) is 2.48. The monoisotopic (exact) mass is 311 g/mol. The molecule has 3 aromatic rings. The zero-order valence-corrected chi connectivity index (χ0v) is 13.1. The SMILES string of the molecule is COC(=O)c1cc(-c2cncn2C)nc2cc(C(C)O)ccc12. The number of hydrogen-bond donors (Lipinski definition) is 1. The van der Waals surface area contributed by atoms with Crippen molar-refractivity contribution in [3.05, 3.63) is 47.9 Å². The largest absolute Gasteiger partial charge is 0.465 e. The number of rotatable bonds is 3. The number of esters is 1. The third-order valence-corrected chi connectivity index (χ3v) is 3.80. The number of pyridine rings is 1. The van der Waals surface area contributed by atoms with Gasteiger partial charge in [-0.05, 0) is 24.6 Å². The van der Waals surface area contributed by atoms with Crippen LogP contribution < -0.4 is 0 Å². The van der Waals surface area contributed by atoms with Crippen molar-refractivity contribution in [2.24, 2.45) is 7.05 Å². The first-order valence-electron chi connectivity index (χ1n) is 7.19. The van der Waals surface area contributed by atoms with Crippen LogP contribution in [-0.4, -0.2) is 32.7 Å². The van der Waals surface area contributed by atoms with Crippen molar-refractivity contribution in [1.82, 2.24) is 14.5 Å². The van der Waals surface area contributed by atoms with Crippen LogP contribution in [0.2, 0.25) is 0 Å². The molecule has 1 aromatic carbocycles. The lowest BCUT2D eigenvalue weighted by Crippen LogP contribution is -2.05. The molecule has 1 atom stereocenters. The molecule has 6 heteroatoms. The molecule has 0 spiro atoms. The van der Waals surface area contributed by atoms with E-state index in [-0.39, 0.29) is 0 Å². The fourth-order valence-electron chi connectivity index (χ4n) is 2.52. The molecule has 3 rings (SSSR count). The van der Waals surface area contributed by atoms with Crippen LogP contribution in [0.5, 0.6) is 0 Å². The van der Waals surface area contributed by atoms with E-state index in [1.807, 2.05) is 11.6 Å². The Bertz CT molecular complexity index is 884. The van der Waals surface area contributed by atoms with Crippen LogP contribution in [0.4, 0.5) is 0 Å². The average molecular weight is 311 g/mol. The number of carbonyl (C=O) groups is 1. The number of hydrogen-bond acceptors (Lipinski definition) is 5. The minimum absolute atomic E-state index is 0.425. The molecule has 0 aliphatic rings. The second kappa shape index (κ2) is 5.81. The highest BCUT2D eigenvalue weighted by Gasteiger charge is 2.16. The number of fused-ring (bicyclic) bond motifs is 1. The fourth-order valence-corrected chi connectivity index (χ4v) is 2.52. The van der Waals surface area contributed by atoms with E-state index in [1.54, 1.807) is 43.7 Å². The van der Waals surface area contributed by atoms with Gasteiger partial charge in [-0.3, -0.25) is 0 Å². The van der Waals surface area contributed by atoms with Crippen LogP contribution in [0.1, 0.15) is 28.9 Å². The Morgan fingerprint density at radius 1 is 1.35 bits per heavy atom. The van der Waals surface area contributed by atoms with Crippen molar-refractivity contribution < 1.29 is 14.6 Å². The van der Waals surface area contributed by atoms with Gasteiger partial charge in [0, 0.05) is 12.4 Å². The summed E-state index contributed by atoms with van der Waals surface area (Å²) in [5, 5.41) is 10.5. The quantitative estimate of drug-likeness (QED) is 0.752. The standard InChI is InChI=1S/C17H17N3O3/c1-10(21)11-4-5-12-13(17(22)23-3)7-15(19-14(12)6-11)16-8-18-9-20(16)2/h4-10,21H,1-3H3. The van der Waals surface area contributed by atoms with Crippen molar-refractivity contribution >= 4 is 16.9 Å². The molecule has 0 aliphatic heterocycles. The summed E-state index contributed by atoms with van der Waals surface area (Å²) >= 11 is 0. The first-order valence-corrected chi connectivity index (χ1v) is 7.19. The Balaban J connectivity index is 2.30. The Labute approximate surface area is 133 Å². The number of nitrogens with zero attached hydrogens (tertiary/aromatic N) is 3. The van der Waals surface area contributed by atoms with E-state index in [1.165, 1.54) is 7.11 Å². The van der Waals surface area contributed by atoms with E-state index < -0.39 is 12.1 Å². The molecule has 6 nitrogen and oxygen atoms in total. The maximum atomic E-state index is 12.1. The molecule has 0 bridgehead atoms. The molecular formula is C17H17N3O3. The van der Waals surface area contributed by atoms with Crippen LogP contribution in [0.3, 0.4) is 0 Å². The smallest absolute Gasteiger partial charge is 0.338 e. The topological polar surface area (TPSA) is 77.2 Å². The number of aliphatic hydroxyl groups is 1. The van der Waals surface area contributed by atoms with Crippen molar-refractivity contribution in [3.8, 4) is 11.4 Å². The van der Waals surface area contributed by atoms with Crippen molar-refractivity contribution in [3.63, 3.8) is 0 Å². The number of aryl methyl sites for hydroxylation is 1. The summed E-state index contributed by atoms with van der Waals surface area (Å²) in [5.74, 6) is -0.425. The lowest BCUT2D eigenvalue weighted by molar-refractivity contribution is 0.0603. The summed E-state index contributed by atoms with van der Waals surface area (Å²) in [6.07, 6.45) is 2.75. The van der Waals surface area contributed by atoms with Crippen LogP contribution in [0.25, 0.3) is 22.3 Å². The number of imidazole rings is 1. The molecule has 1 unspecified atom stereocenters. The fraction of sp³-hybridized carbons (Fsp3) is 0.235. The van der Waals surface area contributed by atoms with Gasteiger partial charge in [-0.15, -0.1) is 0 Å². The van der Waals surface area contributed by atoms with Gasteiger partial charge >= 0.3 is 5.97 Å². The molecule has 1 N–H and O–H groups in total. The van der Waals surface area contributed by atoms with Gasteiger partial charge in [0.1, 0.15) is 0 Å². The number of benzene rings is 1. The zero-order valence-electron chi connectivity index (χ0n) is 13.1. The van der Waals surface area contributed by atoms with Gasteiger partial charge in [0.2, 0.25) is 0 Å². The first kappa shape index (κ1) is 15.2. The summed E-state index contributed by atoms with van der Waals surface area (Å²) in [4.78, 5) is 20.8. The van der Waals surface area contributed by atoms with Crippen LogP contribution in [-0.2, 0) is 11.8 Å². The minimum atomic E-state index is -0.608. The van der Waals surface area contributed by atoms with Gasteiger partial charge in [-0.2, -0.15) is 0 Å². The summed E-state index contributed by atoms with van der Waals surface area (Å²) in [6, 6.07) is 7.05. The normalized spacial score (nSPS) is 12.3. The van der Waals surface area contributed by atoms with E-state index in [0.717, 1.165) is 11.3 Å². The number of aromatic nitrogens is 3. The van der Waals surface area contributed by atoms with Crippen molar-refractivity contribution in [2.75, 3.05) is 7.11 Å². The molecule has 0 radical (unpaired) electrons. The molecule has 0 aliphatic carbocycles. The molecule has 23 heavy (non-hydrogen) atoms. The van der Waals surface area contributed by atoms with E-state index >= 15 is 0 Å². The van der Waals surface area contributed by atoms with Gasteiger partial charge in [-0.1, -0.05) is 12.1 Å². The third kappa shape index (κ3) is 2.68. The van der Waals surface area contributed by atoms with E-state index in [4.69, 9.17) is 4.74 Å². The van der Waals surface area contributed by atoms with Crippen molar-refractivity contribution in [2.45, 2.75) is 13.0 Å². The lowest BCUT2D eigenvalue weighted by Gasteiger charge is -2.11. The zero-order chi connectivity index (χ0) is 16.6. The molecule has 118 valence electrons. The van der Waals surface area contributed by atoms with E-state index in [9.17, 15) is 9.90 Å². The summed E-state index contributed by atoms with van der Waals surface area (Å²) in [6.45, 7) is 1.69. The van der Waals surface area contributed by atoms with Crippen LogP contribution in [0, 0.1) is 0 Å². The maximum absolute atomic E-state index is 12.1. The number of ether oxygens (including phenoxy) is 1. The van der Waals surface area contributed by atoms with Crippen LogP contribution in [0.15, 0.2) is 36.8 Å². The highest BCUT2D eigenvalue weighted by atomic mass is 16.5.